The van der Waals surface area contributed by atoms with E-state index in [1.54, 1.807) is 0 Å². The summed E-state index contributed by atoms with van der Waals surface area (Å²) < 4.78 is 38.4. The third-order valence-corrected chi connectivity index (χ3v) is 0.758. The van der Waals surface area contributed by atoms with Gasteiger partial charge in [0.25, 0.3) is 0 Å². The van der Waals surface area contributed by atoms with Crippen molar-refractivity contribution in [2.24, 2.45) is 0 Å². The van der Waals surface area contributed by atoms with E-state index in [0.717, 1.165) is 12.8 Å². The van der Waals surface area contributed by atoms with Gasteiger partial charge in [-0.3, -0.25) is 9.59 Å². The quantitative estimate of drug-likeness (QED) is 0.303. The molecule has 0 aliphatic rings. The van der Waals surface area contributed by atoms with Crippen molar-refractivity contribution >= 4 is 11.9 Å². The van der Waals surface area contributed by atoms with Crippen LogP contribution in [-0.4, -0.2) is 26.2 Å². The van der Waals surface area contributed by atoms with Crippen LogP contribution in [0.2, 0.25) is 0 Å². The van der Waals surface area contributed by atoms with E-state index in [1.165, 1.54) is 14.2 Å². The van der Waals surface area contributed by atoms with E-state index in [0.29, 0.717) is 0 Å². The fourth-order valence-electron chi connectivity index (χ4n) is 0.272. The topological polar surface area (TPSA) is 132 Å². The zero-order chi connectivity index (χ0) is 16.0. The minimum Gasteiger partial charge on any atom is 2.00 e. The molecular weight excluding hydrogens is 304 g/mol. The molecule has 0 radical (unpaired) electrons. The van der Waals surface area contributed by atoms with E-state index in [1.807, 2.05) is 0 Å². The Hall–Kier alpha value is -1.84. The average molecular weight is 312 g/mol. The van der Waals surface area contributed by atoms with Crippen LogP contribution < -0.4 is 0 Å². The number of hydrogen-bond acceptors (Lipinski definition) is 4. The molecule has 0 atom stereocenters. The van der Waals surface area contributed by atoms with E-state index in [9.17, 15) is 9.59 Å². The van der Waals surface area contributed by atoms with Gasteiger partial charge in [0.15, 0.2) is 0 Å². The molecule has 0 spiro atoms. The Balaban J connectivity index is -0.0000000401. The smallest absolute Gasteiger partial charge is 2.00 e. The summed E-state index contributed by atoms with van der Waals surface area (Å²) in [6.07, 6.45) is 1.98. The number of rotatable bonds is 3. The van der Waals surface area contributed by atoms with Crippen LogP contribution in [0.3, 0.4) is 0 Å². The van der Waals surface area contributed by atoms with Gasteiger partial charge in [0.2, 0.25) is 0 Å². The summed E-state index contributed by atoms with van der Waals surface area (Å²) >= 11 is 0. The van der Waals surface area contributed by atoms with Crippen LogP contribution >= 0.6 is 0 Å². The Morgan fingerprint density at radius 1 is 0.737 bits per heavy atom. The van der Waals surface area contributed by atoms with Crippen LogP contribution in [-0.2, 0) is 54.7 Å². The zero-order valence-corrected chi connectivity index (χ0v) is 10.9. The van der Waals surface area contributed by atoms with Crippen LogP contribution in [0.4, 0.5) is 0 Å². The monoisotopic (exact) mass is 312 g/mol. The third kappa shape index (κ3) is 63.2. The van der Waals surface area contributed by atoms with Gasteiger partial charge in [-0.2, -0.15) is 0 Å². The molecule has 104 valence electrons. The largest absolute Gasteiger partial charge is 2.00 e. The molecule has 0 heterocycles. The second-order valence-electron chi connectivity index (χ2n) is 1.38. The first-order valence-electron chi connectivity index (χ1n) is 3.36. The van der Waals surface area contributed by atoms with Gasteiger partial charge in [-0.15, -0.1) is 0 Å². The number of hydrogen-bond donors (Lipinski definition) is 0. The summed E-state index contributed by atoms with van der Waals surface area (Å²) in [6, 6.07) is 0. The van der Waals surface area contributed by atoms with E-state index in [-0.39, 0.29) is 17.1 Å². The number of carbonyl (C=O) groups excluding carboxylic acids is 2. The van der Waals surface area contributed by atoms with E-state index < -0.39 is 11.9 Å². The molecule has 19 heavy (non-hydrogen) atoms. The van der Waals surface area contributed by atoms with E-state index in [2.05, 4.69) is 36.1 Å². The predicted octanol–water partition coefficient (Wildman–Crippen LogP) is -0.412. The Labute approximate surface area is 121 Å². The molecule has 0 aromatic heterocycles. The zero-order valence-electron chi connectivity index (χ0n) is 9.77. The van der Waals surface area contributed by atoms with Crippen LogP contribution in [0.5, 0.6) is 0 Å². The van der Waals surface area contributed by atoms with Gasteiger partial charge >= 0.3 is 62.3 Å². The molecule has 8 nitrogen and oxygen atoms in total. The van der Waals surface area contributed by atoms with Gasteiger partial charge in [-0.1, -0.05) is 0 Å². The molecule has 0 N–H and O–H groups in total. The van der Waals surface area contributed by atoms with Crippen LogP contribution in [0, 0.1) is 39.4 Å². The van der Waals surface area contributed by atoms with Crippen molar-refractivity contribution in [3.63, 3.8) is 0 Å². The summed E-state index contributed by atoms with van der Waals surface area (Å²) in [5, 5.41) is 0. The van der Waals surface area contributed by atoms with Crippen molar-refractivity contribution in [2.75, 3.05) is 14.2 Å². The summed E-state index contributed by atoms with van der Waals surface area (Å²) in [5.41, 5.74) is 0. The fraction of sp³-hybridized carbons (Fsp3) is 0.200. The molecule has 0 rings (SSSR count). The first-order chi connectivity index (χ1) is 8.70. The number of esters is 2. The van der Waals surface area contributed by atoms with Crippen molar-refractivity contribution in [3.05, 3.63) is 39.4 Å². The number of carbonyl (C=O) groups is 2. The van der Waals surface area contributed by atoms with Crippen molar-refractivity contribution in [1.82, 2.24) is 0 Å². The average Bonchev–Trinajstić information content (AvgIpc) is 2.52. The Kier molecular flexibility index (Phi) is 106. The Morgan fingerprint density at radius 3 is 1.00 bits per heavy atom. The van der Waals surface area contributed by atoms with Crippen LogP contribution in [0.15, 0.2) is 0 Å². The SMILES string of the molecule is COC(=O)[CH-][CH-]C(=O)OC.[C-]#[O+].[C-]#[O+].[C-]#[O+].[C-]#[O+].[Fe+2]. The minimum absolute atomic E-state index is 0. The van der Waals surface area contributed by atoms with Gasteiger partial charge in [0, 0.05) is 0 Å². The maximum Gasteiger partial charge on any atom is 2.00 e. The molecule has 0 unspecified atom stereocenters. The van der Waals surface area contributed by atoms with Crippen molar-refractivity contribution in [1.29, 1.82) is 0 Å². The summed E-state index contributed by atoms with van der Waals surface area (Å²) in [7, 11) is 2.45. The third-order valence-electron chi connectivity index (χ3n) is 0.758. The van der Waals surface area contributed by atoms with Gasteiger partial charge in [-0.25, -0.2) is 0 Å². The Morgan fingerprint density at radius 2 is 0.895 bits per heavy atom. The van der Waals surface area contributed by atoms with E-state index >= 15 is 0 Å². The molecule has 0 aliphatic heterocycles. The number of methoxy groups -OCH3 is 2. The van der Waals surface area contributed by atoms with Gasteiger partial charge in [0.05, 0.1) is 14.2 Å². The van der Waals surface area contributed by atoms with Crippen molar-refractivity contribution < 1.29 is 54.7 Å². The molecule has 0 fully saturated rings. The van der Waals surface area contributed by atoms with Gasteiger partial charge in [0.1, 0.15) is 11.9 Å². The molecule has 0 aliphatic carbocycles. The minimum atomic E-state index is -0.578. The summed E-state index contributed by atoms with van der Waals surface area (Å²) in [5.74, 6) is -1.16. The molecule has 0 amide bonds. The van der Waals surface area contributed by atoms with Gasteiger partial charge < -0.3 is 22.3 Å². The van der Waals surface area contributed by atoms with Crippen molar-refractivity contribution in [2.45, 2.75) is 0 Å². The molecule has 9 heteroatoms. The molecular formula is C10H8FeO8. The van der Waals surface area contributed by atoms with Crippen LogP contribution in [0.25, 0.3) is 0 Å². The normalized spacial score (nSPS) is 4.53. The predicted molar refractivity (Wildman–Crippen MR) is 48.4 cm³/mol. The first-order valence-corrected chi connectivity index (χ1v) is 3.36. The van der Waals surface area contributed by atoms with Crippen molar-refractivity contribution in [3.8, 4) is 0 Å². The molecule has 0 aromatic rings. The summed E-state index contributed by atoms with van der Waals surface area (Å²) in [6.45, 7) is 18.0. The number of ether oxygens (including phenoxy) is 2. The standard InChI is InChI=1S/C6H8O4.4CO.Fe/c1-9-5(7)3-4-6(8)10-2;4*1-2;/h3-4H,1-2H3;;;;;/q-2;;;;;+2. The fourth-order valence-corrected chi connectivity index (χ4v) is 0.272. The second kappa shape index (κ2) is 55.8. The van der Waals surface area contributed by atoms with Crippen LogP contribution in [0.1, 0.15) is 0 Å². The Bertz CT molecular complexity index is 226. The maximum atomic E-state index is 10.3. The molecule has 0 aromatic carbocycles. The molecule has 0 saturated heterocycles. The second-order valence-corrected chi connectivity index (χ2v) is 1.38. The molecule has 0 bridgehead atoms. The molecule has 0 saturated carbocycles. The maximum absolute atomic E-state index is 10.3. The first kappa shape index (κ1) is 36.0. The van der Waals surface area contributed by atoms with E-state index in [4.69, 9.17) is 18.6 Å². The van der Waals surface area contributed by atoms with Gasteiger partial charge in [-0.05, 0) is 0 Å². The summed E-state index contributed by atoms with van der Waals surface area (Å²) in [4.78, 5) is 20.6.